The van der Waals surface area contributed by atoms with E-state index in [0.717, 1.165) is 0 Å². The number of hydrogen-bond acceptors (Lipinski definition) is 5. The predicted octanol–water partition coefficient (Wildman–Crippen LogP) is 1.96. The number of carboxylic acids is 1. The molecule has 106 valence electrons. The van der Waals surface area contributed by atoms with E-state index in [1.54, 1.807) is 20.8 Å². The Bertz CT molecular complexity index is 466. The van der Waals surface area contributed by atoms with Gasteiger partial charge in [0.25, 0.3) is 0 Å². The summed E-state index contributed by atoms with van der Waals surface area (Å²) in [5.74, 6) is -0.839. The number of carboxylic acid groups (broad SMARTS) is 1. The van der Waals surface area contributed by atoms with Crippen molar-refractivity contribution in [3.05, 3.63) is 16.4 Å². The number of halogens is 1. The zero-order chi connectivity index (χ0) is 14.6. The van der Waals surface area contributed by atoms with E-state index in [-0.39, 0.29) is 6.42 Å². The lowest BCUT2D eigenvalue weighted by atomic mass is 10.1. The van der Waals surface area contributed by atoms with Crippen LogP contribution in [0.4, 0.5) is 4.79 Å². The van der Waals surface area contributed by atoms with Crippen molar-refractivity contribution in [2.24, 2.45) is 0 Å². The molecule has 0 radical (unpaired) electrons. The molecule has 1 amide bonds. The first-order chi connectivity index (χ1) is 8.67. The summed E-state index contributed by atoms with van der Waals surface area (Å²) >= 11 is 3.09. The number of carbonyl (C=O) groups is 2. The first kappa shape index (κ1) is 15.5. The van der Waals surface area contributed by atoms with Crippen LogP contribution in [0.3, 0.4) is 0 Å². The lowest BCUT2D eigenvalue weighted by Crippen LogP contribution is -2.44. The topological polar surface area (TPSA) is 102 Å². The van der Waals surface area contributed by atoms with Crippen molar-refractivity contribution in [3.63, 3.8) is 0 Å². The minimum atomic E-state index is -1.18. The average Bonchev–Trinajstić information content (AvgIpc) is 2.60. The minimum absolute atomic E-state index is 0.0207. The summed E-state index contributed by atoms with van der Waals surface area (Å²) in [7, 11) is 0. The molecular weight excluding hydrogens is 320 g/mol. The molecule has 1 aromatic rings. The van der Waals surface area contributed by atoms with Gasteiger partial charge in [0.1, 0.15) is 22.0 Å². The Morgan fingerprint density at radius 2 is 2.21 bits per heavy atom. The maximum absolute atomic E-state index is 11.5. The molecule has 2 N–H and O–H groups in total. The molecule has 0 aliphatic heterocycles. The van der Waals surface area contributed by atoms with Crippen LogP contribution in [0.5, 0.6) is 0 Å². The van der Waals surface area contributed by atoms with Crippen molar-refractivity contribution >= 4 is 28.0 Å². The van der Waals surface area contributed by atoms with Crippen LogP contribution in [-0.4, -0.2) is 34.0 Å². The number of rotatable bonds is 4. The van der Waals surface area contributed by atoms with E-state index in [4.69, 9.17) is 14.4 Å². The fourth-order valence-corrected chi connectivity index (χ4v) is 1.56. The fourth-order valence-electron chi connectivity index (χ4n) is 1.24. The highest BCUT2D eigenvalue weighted by molar-refractivity contribution is 9.10. The van der Waals surface area contributed by atoms with E-state index >= 15 is 0 Å². The number of nitrogens with zero attached hydrogens (tertiary/aromatic N) is 1. The first-order valence-electron chi connectivity index (χ1n) is 5.51. The third kappa shape index (κ3) is 5.73. The Kier molecular flexibility index (Phi) is 4.93. The Morgan fingerprint density at radius 1 is 1.58 bits per heavy atom. The maximum atomic E-state index is 11.5. The molecule has 0 aromatic carbocycles. The number of alkyl carbamates (subject to hydrolysis) is 1. The van der Waals surface area contributed by atoms with E-state index < -0.39 is 23.7 Å². The van der Waals surface area contributed by atoms with Gasteiger partial charge in [0.15, 0.2) is 0 Å². The highest BCUT2D eigenvalue weighted by atomic mass is 79.9. The molecule has 0 spiro atoms. The van der Waals surface area contributed by atoms with Crippen molar-refractivity contribution in [3.8, 4) is 0 Å². The molecule has 0 aliphatic carbocycles. The van der Waals surface area contributed by atoms with Gasteiger partial charge in [-0.1, -0.05) is 5.16 Å². The molecule has 1 atom stereocenters. The minimum Gasteiger partial charge on any atom is -0.480 e. The SMILES string of the molecule is CC(C)(C)OC(=O)NC(Cc1cc(Br)no1)C(=O)O. The van der Waals surface area contributed by atoms with E-state index in [2.05, 4.69) is 26.4 Å². The Labute approximate surface area is 118 Å². The van der Waals surface area contributed by atoms with E-state index in [9.17, 15) is 9.59 Å². The second-order valence-electron chi connectivity index (χ2n) is 4.86. The summed E-state index contributed by atoms with van der Waals surface area (Å²) in [5.41, 5.74) is -0.692. The van der Waals surface area contributed by atoms with Crippen molar-refractivity contribution in [2.45, 2.75) is 38.8 Å². The number of aliphatic carboxylic acids is 1. The van der Waals surface area contributed by atoms with Gasteiger partial charge >= 0.3 is 12.1 Å². The summed E-state index contributed by atoms with van der Waals surface area (Å²) in [6.45, 7) is 5.07. The van der Waals surface area contributed by atoms with Crippen LogP contribution in [0, 0.1) is 0 Å². The Hall–Kier alpha value is -1.57. The van der Waals surface area contributed by atoms with Gasteiger partial charge in [-0.3, -0.25) is 0 Å². The number of hydrogen-bond donors (Lipinski definition) is 2. The zero-order valence-electron chi connectivity index (χ0n) is 10.8. The van der Waals surface area contributed by atoms with Crippen molar-refractivity contribution in [1.29, 1.82) is 0 Å². The number of nitrogens with one attached hydrogen (secondary N) is 1. The van der Waals surface area contributed by atoms with Gasteiger partial charge in [0.2, 0.25) is 0 Å². The zero-order valence-corrected chi connectivity index (χ0v) is 12.4. The molecule has 0 aliphatic rings. The van der Waals surface area contributed by atoms with Crippen LogP contribution in [0.1, 0.15) is 26.5 Å². The van der Waals surface area contributed by atoms with E-state index in [1.807, 2.05) is 0 Å². The van der Waals surface area contributed by atoms with Gasteiger partial charge < -0.3 is 19.7 Å². The van der Waals surface area contributed by atoms with Crippen molar-refractivity contribution < 1.29 is 24.0 Å². The molecule has 1 unspecified atom stereocenters. The quantitative estimate of drug-likeness (QED) is 0.872. The molecule has 0 saturated heterocycles. The third-order valence-corrected chi connectivity index (χ3v) is 2.30. The van der Waals surface area contributed by atoms with Crippen LogP contribution in [-0.2, 0) is 16.0 Å². The molecule has 0 fully saturated rings. The Balaban J connectivity index is 2.63. The molecule has 8 heteroatoms. The standard InChI is InChI=1S/C11H15BrN2O5/c1-11(2,3)18-10(17)13-7(9(15)16)4-6-5-8(12)14-19-6/h5,7H,4H2,1-3H3,(H,13,17)(H,15,16). The summed E-state index contributed by atoms with van der Waals surface area (Å²) in [4.78, 5) is 22.6. The molecular formula is C11H15BrN2O5. The van der Waals surface area contributed by atoms with Crippen LogP contribution >= 0.6 is 15.9 Å². The highest BCUT2D eigenvalue weighted by Crippen LogP contribution is 2.12. The molecule has 1 heterocycles. The van der Waals surface area contributed by atoms with Gasteiger partial charge in [0.05, 0.1) is 0 Å². The second kappa shape index (κ2) is 6.05. The highest BCUT2D eigenvalue weighted by Gasteiger charge is 2.25. The van der Waals surface area contributed by atoms with E-state index in [1.165, 1.54) is 6.07 Å². The molecule has 1 rings (SSSR count). The van der Waals surface area contributed by atoms with Gasteiger partial charge in [-0.05, 0) is 36.7 Å². The van der Waals surface area contributed by atoms with E-state index in [0.29, 0.717) is 10.4 Å². The molecule has 0 saturated carbocycles. The first-order valence-corrected chi connectivity index (χ1v) is 6.30. The lowest BCUT2D eigenvalue weighted by Gasteiger charge is -2.21. The van der Waals surface area contributed by atoms with Crippen LogP contribution < -0.4 is 5.32 Å². The monoisotopic (exact) mass is 334 g/mol. The molecule has 19 heavy (non-hydrogen) atoms. The number of carbonyl (C=O) groups excluding carboxylic acids is 1. The predicted molar refractivity (Wildman–Crippen MR) is 68.7 cm³/mol. The summed E-state index contributed by atoms with van der Waals surface area (Å²) in [5, 5.41) is 14.9. The van der Waals surface area contributed by atoms with Crippen molar-refractivity contribution in [2.75, 3.05) is 0 Å². The summed E-state index contributed by atoms with van der Waals surface area (Å²) < 4.78 is 10.3. The average molecular weight is 335 g/mol. The summed E-state index contributed by atoms with van der Waals surface area (Å²) in [6.07, 6.45) is -0.814. The van der Waals surface area contributed by atoms with Crippen LogP contribution in [0.2, 0.25) is 0 Å². The smallest absolute Gasteiger partial charge is 0.408 e. The third-order valence-electron chi connectivity index (χ3n) is 1.92. The van der Waals surface area contributed by atoms with Gasteiger partial charge in [0, 0.05) is 12.5 Å². The molecule has 1 aromatic heterocycles. The van der Waals surface area contributed by atoms with Crippen LogP contribution in [0.25, 0.3) is 0 Å². The van der Waals surface area contributed by atoms with Gasteiger partial charge in [-0.15, -0.1) is 0 Å². The number of amides is 1. The van der Waals surface area contributed by atoms with Crippen LogP contribution in [0.15, 0.2) is 15.2 Å². The Morgan fingerprint density at radius 3 is 2.63 bits per heavy atom. The molecule has 0 bridgehead atoms. The lowest BCUT2D eigenvalue weighted by molar-refractivity contribution is -0.139. The maximum Gasteiger partial charge on any atom is 0.408 e. The largest absolute Gasteiger partial charge is 0.480 e. The number of aromatic nitrogens is 1. The van der Waals surface area contributed by atoms with Gasteiger partial charge in [-0.2, -0.15) is 0 Å². The molecule has 7 nitrogen and oxygen atoms in total. The number of ether oxygens (including phenoxy) is 1. The normalized spacial score (nSPS) is 12.8. The summed E-state index contributed by atoms with van der Waals surface area (Å²) in [6, 6.07) is 0.391. The van der Waals surface area contributed by atoms with Gasteiger partial charge in [-0.25, -0.2) is 9.59 Å². The fraction of sp³-hybridized carbons (Fsp3) is 0.545. The second-order valence-corrected chi connectivity index (χ2v) is 5.67. The van der Waals surface area contributed by atoms with Crippen molar-refractivity contribution in [1.82, 2.24) is 10.5 Å².